The van der Waals surface area contributed by atoms with Gasteiger partial charge in [0.1, 0.15) is 0 Å². The molecule has 326 valence electrons. The number of hydrogen-bond donors (Lipinski definition) is 0. The van der Waals surface area contributed by atoms with Crippen molar-refractivity contribution < 1.29 is 0 Å². The van der Waals surface area contributed by atoms with Crippen LogP contribution < -0.4 is 4.90 Å². The molecule has 14 rings (SSSR count). The summed E-state index contributed by atoms with van der Waals surface area (Å²) in [5.74, 6) is 0. The number of nitrogens with zero attached hydrogens (tertiary/aromatic N) is 1. The van der Waals surface area contributed by atoms with Crippen LogP contribution in [0.1, 0.15) is 22.3 Å². The minimum Gasteiger partial charge on any atom is -0.310 e. The standard InChI is InChI=1S/C69H45N/c1-3-16-46(17-4-1)47-34-37-54(38-35-47)70(56-39-41-68-64(45-56)62-26-11-14-29-67(62)69(68)65-27-12-9-24-60(65)61-25-10-13-28-66(61)69)55-21-15-20-51(43-55)48-30-32-49(33-31-48)52-36-40-57-53(42-52)44-63(50-18-5-2-6-19-50)59-23-8-7-22-58(57)59/h1-45H. The van der Waals surface area contributed by atoms with Crippen LogP contribution >= 0.6 is 0 Å². The molecule has 0 saturated heterocycles. The molecule has 1 nitrogen and oxygen atoms in total. The van der Waals surface area contributed by atoms with Crippen LogP contribution in [0.2, 0.25) is 0 Å². The largest absolute Gasteiger partial charge is 0.310 e. The zero-order valence-electron chi connectivity index (χ0n) is 38.4. The molecule has 0 radical (unpaired) electrons. The number of anilines is 3. The smallest absolute Gasteiger partial charge is 0.0725 e. The van der Waals surface area contributed by atoms with E-state index in [-0.39, 0.29) is 0 Å². The van der Waals surface area contributed by atoms with Crippen molar-refractivity contribution in [1.29, 1.82) is 0 Å². The van der Waals surface area contributed by atoms with E-state index in [0.717, 1.165) is 22.6 Å². The molecule has 0 amide bonds. The van der Waals surface area contributed by atoms with E-state index in [0.29, 0.717) is 0 Å². The van der Waals surface area contributed by atoms with Gasteiger partial charge in [-0.05, 0) is 159 Å². The van der Waals surface area contributed by atoms with Crippen molar-refractivity contribution in [1.82, 2.24) is 0 Å². The van der Waals surface area contributed by atoms with Crippen LogP contribution in [0.15, 0.2) is 273 Å². The summed E-state index contributed by atoms with van der Waals surface area (Å²) in [5, 5.41) is 5.07. The predicted octanol–water partition coefficient (Wildman–Crippen LogP) is 18.5. The molecule has 0 heterocycles. The van der Waals surface area contributed by atoms with Gasteiger partial charge in [-0.3, -0.25) is 0 Å². The molecule has 0 aliphatic heterocycles. The lowest BCUT2D eigenvalue weighted by molar-refractivity contribution is 0.794. The molecule has 2 aliphatic carbocycles. The van der Waals surface area contributed by atoms with Crippen LogP contribution in [0.3, 0.4) is 0 Å². The van der Waals surface area contributed by atoms with Gasteiger partial charge in [0.2, 0.25) is 0 Å². The lowest BCUT2D eigenvalue weighted by atomic mass is 9.70. The van der Waals surface area contributed by atoms with Crippen LogP contribution in [0.25, 0.3) is 88.3 Å². The van der Waals surface area contributed by atoms with Gasteiger partial charge in [0.15, 0.2) is 0 Å². The summed E-state index contributed by atoms with van der Waals surface area (Å²) in [6, 6.07) is 101. The highest BCUT2D eigenvalue weighted by Crippen LogP contribution is 2.63. The SMILES string of the molecule is c1ccc(-c2ccc(N(c3cccc(-c4ccc(-c5ccc6c(c5)cc(-c5ccccc5)c5ccccc56)cc4)c3)c3ccc4c(c3)-c3ccccc3C43c4ccccc4-c4ccccc43)cc2)cc1. The number of rotatable bonds is 7. The van der Waals surface area contributed by atoms with Gasteiger partial charge in [0.05, 0.1) is 5.41 Å². The number of fused-ring (bicyclic) bond motifs is 13. The Morgan fingerprint density at radius 1 is 0.214 bits per heavy atom. The fourth-order valence-electron chi connectivity index (χ4n) is 11.9. The van der Waals surface area contributed by atoms with E-state index in [1.54, 1.807) is 0 Å². The topological polar surface area (TPSA) is 3.24 Å². The van der Waals surface area contributed by atoms with Crippen molar-refractivity contribution in [3.05, 3.63) is 295 Å². The molecule has 12 aromatic rings. The van der Waals surface area contributed by atoms with Gasteiger partial charge in [-0.25, -0.2) is 0 Å². The molecule has 70 heavy (non-hydrogen) atoms. The van der Waals surface area contributed by atoms with Crippen LogP contribution in [0.5, 0.6) is 0 Å². The molecule has 0 atom stereocenters. The van der Waals surface area contributed by atoms with E-state index in [9.17, 15) is 0 Å². The molecule has 0 fully saturated rings. The maximum absolute atomic E-state index is 2.44. The molecule has 0 unspecified atom stereocenters. The summed E-state index contributed by atoms with van der Waals surface area (Å²) >= 11 is 0. The molecular weight excluding hydrogens is 843 g/mol. The summed E-state index contributed by atoms with van der Waals surface area (Å²) < 4.78 is 0. The molecular formula is C69H45N. The van der Waals surface area contributed by atoms with Crippen molar-refractivity contribution >= 4 is 38.6 Å². The third-order valence-corrected chi connectivity index (χ3v) is 15.1. The van der Waals surface area contributed by atoms with Crippen LogP contribution in [0, 0.1) is 0 Å². The first-order valence-electron chi connectivity index (χ1n) is 24.3. The highest BCUT2D eigenvalue weighted by atomic mass is 15.1. The van der Waals surface area contributed by atoms with Crippen LogP contribution in [0.4, 0.5) is 17.1 Å². The fourth-order valence-corrected chi connectivity index (χ4v) is 11.9. The van der Waals surface area contributed by atoms with Gasteiger partial charge >= 0.3 is 0 Å². The van der Waals surface area contributed by atoms with Crippen molar-refractivity contribution in [2.75, 3.05) is 4.90 Å². The average Bonchev–Trinajstić information content (AvgIpc) is 3.91. The zero-order chi connectivity index (χ0) is 46.2. The molecule has 0 bridgehead atoms. The highest BCUT2D eigenvalue weighted by Gasteiger charge is 2.51. The molecule has 2 aliphatic rings. The van der Waals surface area contributed by atoms with Gasteiger partial charge in [0.25, 0.3) is 0 Å². The van der Waals surface area contributed by atoms with Crippen molar-refractivity contribution in [3.63, 3.8) is 0 Å². The summed E-state index contributed by atoms with van der Waals surface area (Å²) in [5.41, 5.74) is 23.1. The Hall–Kier alpha value is -9.04. The summed E-state index contributed by atoms with van der Waals surface area (Å²) in [7, 11) is 0. The first-order valence-corrected chi connectivity index (χ1v) is 24.3. The first-order chi connectivity index (χ1) is 34.7. The Bertz CT molecular complexity index is 3930. The maximum atomic E-state index is 2.44. The number of hydrogen-bond acceptors (Lipinski definition) is 1. The lowest BCUT2D eigenvalue weighted by Gasteiger charge is -2.31. The lowest BCUT2D eigenvalue weighted by Crippen LogP contribution is -2.25. The first kappa shape index (κ1) is 40.1. The van der Waals surface area contributed by atoms with Crippen LogP contribution in [-0.2, 0) is 5.41 Å². The van der Waals surface area contributed by atoms with Gasteiger partial charge in [-0.15, -0.1) is 0 Å². The van der Waals surface area contributed by atoms with E-state index in [4.69, 9.17) is 0 Å². The third kappa shape index (κ3) is 6.18. The van der Waals surface area contributed by atoms with E-state index < -0.39 is 5.41 Å². The minimum absolute atomic E-state index is 0.391. The summed E-state index contributed by atoms with van der Waals surface area (Å²) in [4.78, 5) is 2.43. The van der Waals surface area contributed by atoms with E-state index in [2.05, 4.69) is 278 Å². The molecule has 1 heteroatoms. The minimum atomic E-state index is -0.391. The molecule has 12 aromatic carbocycles. The predicted molar refractivity (Wildman–Crippen MR) is 294 cm³/mol. The van der Waals surface area contributed by atoms with E-state index >= 15 is 0 Å². The second-order valence-corrected chi connectivity index (χ2v) is 18.8. The van der Waals surface area contributed by atoms with E-state index in [1.165, 1.54) is 105 Å². The average molecular weight is 888 g/mol. The monoisotopic (exact) mass is 887 g/mol. The Kier molecular flexibility index (Phi) is 9.19. The molecule has 1 spiro atoms. The molecule has 0 N–H and O–H groups in total. The quantitative estimate of drug-likeness (QED) is 0.144. The molecule has 0 aromatic heterocycles. The van der Waals surface area contributed by atoms with Gasteiger partial charge < -0.3 is 4.90 Å². The Morgan fingerprint density at radius 3 is 1.31 bits per heavy atom. The van der Waals surface area contributed by atoms with Crippen LogP contribution in [-0.4, -0.2) is 0 Å². The highest BCUT2D eigenvalue weighted by molar-refractivity contribution is 6.14. The van der Waals surface area contributed by atoms with Crippen molar-refractivity contribution in [2.24, 2.45) is 0 Å². The van der Waals surface area contributed by atoms with Gasteiger partial charge in [-0.2, -0.15) is 0 Å². The van der Waals surface area contributed by atoms with Crippen molar-refractivity contribution in [2.45, 2.75) is 5.41 Å². The van der Waals surface area contributed by atoms with Gasteiger partial charge in [0, 0.05) is 17.1 Å². The fraction of sp³-hybridized carbons (Fsp3) is 0.0145. The van der Waals surface area contributed by atoms with E-state index in [1.807, 2.05) is 0 Å². The second-order valence-electron chi connectivity index (χ2n) is 18.8. The molecule has 0 saturated carbocycles. The van der Waals surface area contributed by atoms with Crippen molar-refractivity contribution in [3.8, 4) is 66.8 Å². The Balaban J connectivity index is 0.869. The second kappa shape index (κ2) is 16.0. The maximum Gasteiger partial charge on any atom is 0.0725 e. The number of benzene rings is 12. The van der Waals surface area contributed by atoms with Gasteiger partial charge in [-0.1, -0.05) is 224 Å². The normalized spacial score (nSPS) is 12.7. The summed E-state index contributed by atoms with van der Waals surface area (Å²) in [6.07, 6.45) is 0. The third-order valence-electron chi connectivity index (χ3n) is 15.1. The summed E-state index contributed by atoms with van der Waals surface area (Å²) in [6.45, 7) is 0. The Labute approximate surface area is 408 Å². The Morgan fingerprint density at radius 2 is 0.657 bits per heavy atom. The zero-order valence-corrected chi connectivity index (χ0v) is 38.4.